The fourth-order valence-corrected chi connectivity index (χ4v) is 3.78. The average molecular weight is 378 g/mol. The lowest BCUT2D eigenvalue weighted by Gasteiger charge is -2.47. The van der Waals surface area contributed by atoms with E-state index >= 15 is 0 Å². The molecule has 2 aliphatic heterocycles. The molecule has 0 aliphatic carbocycles. The second-order valence-electron chi connectivity index (χ2n) is 8.31. The first kappa shape index (κ1) is 20.1. The first-order chi connectivity index (χ1) is 13.0. The minimum Gasteiger partial charge on any atom is -0.377 e. The number of hydrogen-bond acceptors (Lipinski definition) is 3. The van der Waals surface area contributed by atoms with Crippen LogP contribution in [-0.2, 0) is 16.1 Å². The molecule has 2 amide bonds. The molecule has 2 aliphatic rings. The number of carbonyl (C=O) groups excluding carboxylic acids is 1. The summed E-state index contributed by atoms with van der Waals surface area (Å²) in [5, 5.41) is 2.98. The topological polar surface area (TPSA) is 50.8 Å². The SMILES string of the molecule is CC(C)CCNC(=O)N1CC2(CC(CCOCc3cccc(F)c3)CO2)C1. The predicted octanol–water partition coefficient (Wildman–Crippen LogP) is 3.58. The Morgan fingerprint density at radius 1 is 1.44 bits per heavy atom. The van der Waals surface area contributed by atoms with Gasteiger partial charge in [-0.2, -0.15) is 0 Å². The van der Waals surface area contributed by atoms with E-state index in [0.717, 1.165) is 38.0 Å². The first-order valence-corrected chi connectivity index (χ1v) is 9.95. The van der Waals surface area contributed by atoms with Crippen LogP contribution in [0.5, 0.6) is 0 Å². The molecule has 1 unspecified atom stereocenters. The second kappa shape index (κ2) is 9.02. The molecule has 0 saturated carbocycles. The number of halogens is 1. The highest BCUT2D eigenvalue weighted by atomic mass is 19.1. The number of amides is 2. The van der Waals surface area contributed by atoms with Gasteiger partial charge in [0.2, 0.25) is 0 Å². The lowest BCUT2D eigenvalue weighted by atomic mass is 9.86. The summed E-state index contributed by atoms with van der Waals surface area (Å²) in [6, 6.07) is 6.52. The Bertz CT molecular complexity index is 632. The van der Waals surface area contributed by atoms with Crippen LogP contribution in [0.2, 0.25) is 0 Å². The molecule has 1 N–H and O–H groups in total. The Kier molecular flexibility index (Phi) is 6.71. The quantitative estimate of drug-likeness (QED) is 0.704. The van der Waals surface area contributed by atoms with Gasteiger partial charge < -0.3 is 19.7 Å². The molecular weight excluding hydrogens is 347 g/mol. The van der Waals surface area contributed by atoms with Crippen molar-refractivity contribution in [3.63, 3.8) is 0 Å². The summed E-state index contributed by atoms with van der Waals surface area (Å²) in [6.07, 6.45) is 2.91. The highest BCUT2D eigenvalue weighted by molar-refractivity contribution is 5.75. The Morgan fingerprint density at radius 3 is 3.00 bits per heavy atom. The van der Waals surface area contributed by atoms with Gasteiger partial charge in [-0.1, -0.05) is 26.0 Å². The van der Waals surface area contributed by atoms with Crippen LogP contribution in [0.4, 0.5) is 9.18 Å². The van der Waals surface area contributed by atoms with E-state index in [1.807, 2.05) is 11.0 Å². The van der Waals surface area contributed by atoms with Gasteiger partial charge in [-0.3, -0.25) is 0 Å². The van der Waals surface area contributed by atoms with Crippen LogP contribution >= 0.6 is 0 Å². The van der Waals surface area contributed by atoms with Crippen LogP contribution in [-0.4, -0.2) is 49.4 Å². The van der Waals surface area contributed by atoms with Gasteiger partial charge in [0.25, 0.3) is 0 Å². The minimum atomic E-state index is -0.231. The molecule has 1 atom stereocenters. The number of nitrogens with zero attached hydrogens (tertiary/aromatic N) is 1. The van der Waals surface area contributed by atoms with E-state index < -0.39 is 0 Å². The zero-order chi connectivity index (χ0) is 19.3. The third-order valence-corrected chi connectivity index (χ3v) is 5.36. The Morgan fingerprint density at radius 2 is 2.26 bits per heavy atom. The molecule has 2 saturated heterocycles. The Labute approximate surface area is 161 Å². The highest BCUT2D eigenvalue weighted by Gasteiger charge is 2.51. The van der Waals surface area contributed by atoms with Crippen LogP contribution in [0.15, 0.2) is 24.3 Å². The Balaban J connectivity index is 1.30. The molecule has 2 heterocycles. The molecule has 0 aromatic heterocycles. The second-order valence-corrected chi connectivity index (χ2v) is 8.31. The summed E-state index contributed by atoms with van der Waals surface area (Å²) >= 11 is 0. The number of urea groups is 1. The number of rotatable bonds is 8. The number of carbonyl (C=O) groups is 1. The van der Waals surface area contributed by atoms with E-state index in [4.69, 9.17) is 9.47 Å². The maximum Gasteiger partial charge on any atom is 0.317 e. The van der Waals surface area contributed by atoms with Crippen LogP contribution in [0.25, 0.3) is 0 Å². The number of benzene rings is 1. The van der Waals surface area contributed by atoms with Gasteiger partial charge in [-0.05, 0) is 48.8 Å². The van der Waals surface area contributed by atoms with Gasteiger partial charge >= 0.3 is 6.03 Å². The molecule has 27 heavy (non-hydrogen) atoms. The normalized spacial score (nSPS) is 20.9. The summed E-state index contributed by atoms with van der Waals surface area (Å²) in [4.78, 5) is 13.9. The standard InChI is InChI=1S/C21H31FN2O3/c1-16(2)6-8-23-20(25)24-14-21(15-24)11-18(13-27-21)7-9-26-12-17-4-3-5-19(22)10-17/h3-5,10,16,18H,6-9,11-15H2,1-2H3,(H,23,25). The van der Waals surface area contributed by atoms with Gasteiger partial charge in [-0.15, -0.1) is 0 Å². The third kappa shape index (κ3) is 5.66. The fraction of sp³-hybridized carbons (Fsp3) is 0.667. The van der Waals surface area contributed by atoms with Crippen molar-refractivity contribution in [2.24, 2.45) is 11.8 Å². The van der Waals surface area contributed by atoms with E-state index in [1.165, 1.54) is 12.1 Å². The summed E-state index contributed by atoms with van der Waals surface area (Å²) in [6.45, 7) is 8.19. The first-order valence-electron chi connectivity index (χ1n) is 9.95. The van der Waals surface area contributed by atoms with Crippen molar-refractivity contribution >= 4 is 6.03 Å². The van der Waals surface area contributed by atoms with Crippen LogP contribution in [0.3, 0.4) is 0 Å². The van der Waals surface area contributed by atoms with E-state index in [2.05, 4.69) is 19.2 Å². The van der Waals surface area contributed by atoms with Crippen LogP contribution < -0.4 is 5.32 Å². The van der Waals surface area contributed by atoms with Crippen molar-refractivity contribution in [2.75, 3.05) is 32.8 Å². The molecule has 6 heteroatoms. The van der Waals surface area contributed by atoms with Gasteiger partial charge in [0, 0.05) is 13.2 Å². The summed E-state index contributed by atoms with van der Waals surface area (Å²) in [5.41, 5.74) is 0.704. The molecule has 0 bridgehead atoms. The fourth-order valence-electron chi connectivity index (χ4n) is 3.78. The van der Waals surface area contributed by atoms with Crippen LogP contribution in [0, 0.1) is 17.7 Å². The van der Waals surface area contributed by atoms with Crippen molar-refractivity contribution in [1.29, 1.82) is 0 Å². The Hall–Kier alpha value is -1.66. The van der Waals surface area contributed by atoms with E-state index in [9.17, 15) is 9.18 Å². The summed E-state index contributed by atoms with van der Waals surface area (Å²) in [7, 11) is 0. The molecule has 1 aromatic rings. The minimum absolute atomic E-state index is 0.0201. The van der Waals surface area contributed by atoms with Crippen LogP contribution in [0.1, 0.15) is 38.7 Å². The smallest absolute Gasteiger partial charge is 0.317 e. The molecule has 150 valence electrons. The van der Waals surface area contributed by atoms with Crippen molar-refractivity contribution in [3.8, 4) is 0 Å². The lowest BCUT2D eigenvalue weighted by Crippen LogP contribution is -2.65. The van der Waals surface area contributed by atoms with Crippen molar-refractivity contribution in [1.82, 2.24) is 10.2 Å². The number of likely N-dealkylation sites (tertiary alicyclic amines) is 1. The average Bonchev–Trinajstić information content (AvgIpc) is 3.02. The lowest BCUT2D eigenvalue weighted by molar-refractivity contribution is -0.0913. The third-order valence-electron chi connectivity index (χ3n) is 5.36. The van der Waals surface area contributed by atoms with E-state index in [0.29, 0.717) is 38.1 Å². The monoisotopic (exact) mass is 378 g/mol. The van der Waals surface area contributed by atoms with Crippen molar-refractivity contribution in [3.05, 3.63) is 35.6 Å². The predicted molar refractivity (Wildman–Crippen MR) is 102 cm³/mol. The van der Waals surface area contributed by atoms with Crippen molar-refractivity contribution < 1.29 is 18.7 Å². The molecule has 0 radical (unpaired) electrons. The van der Waals surface area contributed by atoms with Gasteiger partial charge in [0.15, 0.2) is 0 Å². The van der Waals surface area contributed by atoms with Crippen molar-refractivity contribution in [2.45, 2.75) is 45.3 Å². The molecule has 1 spiro atoms. The maximum atomic E-state index is 13.1. The molecule has 3 rings (SSSR count). The number of hydrogen-bond donors (Lipinski definition) is 1. The van der Waals surface area contributed by atoms with Gasteiger partial charge in [-0.25, -0.2) is 9.18 Å². The summed E-state index contributed by atoms with van der Waals surface area (Å²) in [5.74, 6) is 0.823. The van der Waals surface area contributed by atoms with Gasteiger partial charge in [0.1, 0.15) is 11.4 Å². The largest absolute Gasteiger partial charge is 0.377 e. The molecule has 5 nitrogen and oxygen atoms in total. The molecule has 2 fully saturated rings. The van der Waals surface area contributed by atoms with Gasteiger partial charge in [0.05, 0.1) is 26.3 Å². The van der Waals surface area contributed by atoms with E-state index in [1.54, 1.807) is 6.07 Å². The number of ether oxygens (including phenoxy) is 2. The zero-order valence-corrected chi connectivity index (χ0v) is 16.4. The summed E-state index contributed by atoms with van der Waals surface area (Å²) < 4.78 is 24.8. The molecular formula is C21H31FN2O3. The molecule has 1 aromatic carbocycles. The van der Waals surface area contributed by atoms with E-state index in [-0.39, 0.29) is 17.4 Å². The zero-order valence-electron chi connectivity index (χ0n) is 16.4. The maximum absolute atomic E-state index is 13.1. The highest BCUT2D eigenvalue weighted by Crippen LogP contribution is 2.39. The number of nitrogens with one attached hydrogen (secondary N) is 1.